The first-order valence-electron chi connectivity index (χ1n) is 5.21. The standard InChI is InChI=1S/C9H14ClN3O2S/c1-6(2)8-11-12-9(10)13(8)7-3-4-16(14,15)5-7/h6-7H,3-5H2,1-2H3. The molecule has 16 heavy (non-hydrogen) atoms. The van der Waals surface area contributed by atoms with Crippen molar-refractivity contribution in [3.05, 3.63) is 11.1 Å². The summed E-state index contributed by atoms with van der Waals surface area (Å²) >= 11 is 5.96. The van der Waals surface area contributed by atoms with Crippen molar-refractivity contribution < 1.29 is 8.42 Å². The van der Waals surface area contributed by atoms with Crippen LogP contribution in [0.15, 0.2) is 0 Å². The zero-order valence-electron chi connectivity index (χ0n) is 9.22. The zero-order valence-corrected chi connectivity index (χ0v) is 10.8. The third kappa shape index (κ3) is 2.08. The maximum atomic E-state index is 11.4. The van der Waals surface area contributed by atoms with E-state index in [0.717, 1.165) is 5.82 Å². The van der Waals surface area contributed by atoms with E-state index < -0.39 is 9.84 Å². The minimum Gasteiger partial charge on any atom is -0.297 e. The second kappa shape index (κ2) is 4.00. The topological polar surface area (TPSA) is 64.8 Å². The van der Waals surface area contributed by atoms with Crippen LogP contribution in [-0.2, 0) is 9.84 Å². The van der Waals surface area contributed by atoms with E-state index in [2.05, 4.69) is 10.2 Å². The molecule has 0 aromatic carbocycles. The van der Waals surface area contributed by atoms with Gasteiger partial charge < -0.3 is 0 Å². The Balaban J connectivity index is 2.37. The van der Waals surface area contributed by atoms with Gasteiger partial charge in [-0.15, -0.1) is 10.2 Å². The maximum Gasteiger partial charge on any atom is 0.225 e. The van der Waals surface area contributed by atoms with Gasteiger partial charge in [0.05, 0.1) is 17.5 Å². The first kappa shape index (κ1) is 11.9. The van der Waals surface area contributed by atoms with Crippen molar-refractivity contribution in [3.8, 4) is 0 Å². The average molecular weight is 264 g/mol. The predicted molar refractivity (Wildman–Crippen MR) is 61.4 cm³/mol. The number of nitrogens with zero attached hydrogens (tertiary/aromatic N) is 3. The van der Waals surface area contributed by atoms with Gasteiger partial charge >= 0.3 is 0 Å². The molecule has 1 aliphatic rings. The molecule has 0 spiro atoms. The molecule has 1 fully saturated rings. The van der Waals surface area contributed by atoms with Gasteiger partial charge in [0.1, 0.15) is 5.82 Å². The summed E-state index contributed by atoms with van der Waals surface area (Å²) in [7, 11) is -2.92. The summed E-state index contributed by atoms with van der Waals surface area (Å²) in [6.45, 7) is 3.97. The quantitative estimate of drug-likeness (QED) is 0.809. The Hall–Kier alpha value is -0.620. The largest absolute Gasteiger partial charge is 0.297 e. The van der Waals surface area contributed by atoms with Crippen molar-refractivity contribution in [1.29, 1.82) is 0 Å². The Kier molecular flexibility index (Phi) is 2.96. The van der Waals surface area contributed by atoms with Crippen LogP contribution in [0.3, 0.4) is 0 Å². The van der Waals surface area contributed by atoms with Gasteiger partial charge in [-0.05, 0) is 18.0 Å². The van der Waals surface area contributed by atoms with E-state index >= 15 is 0 Å². The lowest BCUT2D eigenvalue weighted by Crippen LogP contribution is -2.15. The van der Waals surface area contributed by atoms with Gasteiger partial charge in [-0.2, -0.15) is 0 Å². The molecule has 0 bridgehead atoms. The van der Waals surface area contributed by atoms with Crippen LogP contribution in [0.5, 0.6) is 0 Å². The smallest absolute Gasteiger partial charge is 0.225 e. The molecule has 1 aromatic heterocycles. The first-order valence-corrected chi connectivity index (χ1v) is 7.41. The van der Waals surface area contributed by atoms with Crippen molar-refractivity contribution in [2.24, 2.45) is 0 Å². The zero-order chi connectivity index (χ0) is 11.9. The van der Waals surface area contributed by atoms with Gasteiger partial charge in [0.15, 0.2) is 9.84 Å². The molecular weight excluding hydrogens is 250 g/mol. The Morgan fingerprint density at radius 1 is 1.44 bits per heavy atom. The van der Waals surface area contributed by atoms with E-state index in [1.54, 1.807) is 4.57 Å². The molecular formula is C9H14ClN3O2S. The fraction of sp³-hybridized carbons (Fsp3) is 0.778. The lowest BCUT2D eigenvalue weighted by atomic mass is 10.2. The lowest BCUT2D eigenvalue weighted by Gasteiger charge is -2.15. The summed E-state index contributed by atoms with van der Waals surface area (Å²) in [6.07, 6.45) is 0.597. The molecule has 2 heterocycles. The van der Waals surface area contributed by atoms with Gasteiger partial charge in [-0.1, -0.05) is 13.8 Å². The predicted octanol–water partition coefficient (Wildman–Crippen LogP) is 1.41. The molecule has 1 atom stereocenters. The molecule has 0 saturated carbocycles. The summed E-state index contributed by atoms with van der Waals surface area (Å²) in [6, 6.07) is -0.107. The average Bonchev–Trinajstić information content (AvgIpc) is 2.69. The minimum atomic E-state index is -2.92. The molecule has 0 aliphatic carbocycles. The summed E-state index contributed by atoms with van der Waals surface area (Å²) in [5, 5.41) is 8.09. The van der Waals surface area contributed by atoms with Crippen LogP contribution < -0.4 is 0 Å². The number of hydrogen-bond acceptors (Lipinski definition) is 4. The highest BCUT2D eigenvalue weighted by Crippen LogP contribution is 2.29. The molecule has 0 amide bonds. The molecule has 7 heteroatoms. The maximum absolute atomic E-state index is 11.4. The van der Waals surface area contributed by atoms with E-state index in [1.807, 2.05) is 13.8 Å². The Morgan fingerprint density at radius 3 is 2.62 bits per heavy atom. The molecule has 2 rings (SSSR count). The highest BCUT2D eigenvalue weighted by atomic mass is 35.5. The molecule has 0 N–H and O–H groups in total. The van der Waals surface area contributed by atoms with Gasteiger partial charge in [0.25, 0.3) is 0 Å². The van der Waals surface area contributed by atoms with Gasteiger partial charge in [0, 0.05) is 5.92 Å². The fourth-order valence-electron chi connectivity index (χ4n) is 1.99. The summed E-state index contributed by atoms with van der Waals surface area (Å²) in [4.78, 5) is 0. The highest BCUT2D eigenvalue weighted by Gasteiger charge is 2.32. The number of hydrogen-bond donors (Lipinski definition) is 0. The van der Waals surface area contributed by atoms with Gasteiger partial charge in [0.2, 0.25) is 5.28 Å². The van der Waals surface area contributed by atoms with Crippen LogP contribution in [0, 0.1) is 0 Å². The van der Waals surface area contributed by atoms with Gasteiger partial charge in [-0.3, -0.25) is 4.57 Å². The molecule has 1 aromatic rings. The number of halogens is 1. The highest BCUT2D eigenvalue weighted by molar-refractivity contribution is 7.91. The summed E-state index contributed by atoms with van der Waals surface area (Å²) in [5.41, 5.74) is 0. The van der Waals surface area contributed by atoms with E-state index in [-0.39, 0.29) is 28.7 Å². The summed E-state index contributed by atoms with van der Waals surface area (Å²) in [5.74, 6) is 1.31. The van der Waals surface area contributed by atoms with E-state index in [1.165, 1.54) is 0 Å². The molecule has 1 saturated heterocycles. The van der Waals surface area contributed by atoms with Crippen molar-refractivity contribution in [2.75, 3.05) is 11.5 Å². The molecule has 1 aliphatic heterocycles. The molecule has 90 valence electrons. The number of sulfone groups is 1. The van der Waals surface area contributed by atoms with Crippen LogP contribution >= 0.6 is 11.6 Å². The van der Waals surface area contributed by atoms with E-state index in [0.29, 0.717) is 6.42 Å². The van der Waals surface area contributed by atoms with Crippen LogP contribution in [0.2, 0.25) is 5.28 Å². The van der Waals surface area contributed by atoms with Crippen LogP contribution in [0.4, 0.5) is 0 Å². The van der Waals surface area contributed by atoms with Gasteiger partial charge in [-0.25, -0.2) is 8.42 Å². The number of rotatable bonds is 2. The monoisotopic (exact) mass is 263 g/mol. The van der Waals surface area contributed by atoms with Crippen molar-refractivity contribution >= 4 is 21.4 Å². The Bertz CT molecular complexity index is 495. The molecule has 0 radical (unpaired) electrons. The minimum absolute atomic E-state index is 0.107. The fourth-order valence-corrected chi connectivity index (χ4v) is 3.96. The van der Waals surface area contributed by atoms with Crippen molar-refractivity contribution in [3.63, 3.8) is 0 Å². The second-order valence-electron chi connectivity index (χ2n) is 4.41. The van der Waals surface area contributed by atoms with Crippen LogP contribution in [0.1, 0.15) is 38.1 Å². The molecule has 1 unspecified atom stereocenters. The Morgan fingerprint density at radius 2 is 2.12 bits per heavy atom. The SMILES string of the molecule is CC(C)c1nnc(Cl)n1C1CCS(=O)(=O)C1. The normalized spacial score (nSPS) is 24.1. The number of aromatic nitrogens is 3. The third-order valence-corrected chi connectivity index (χ3v) is 4.78. The van der Waals surface area contributed by atoms with Crippen molar-refractivity contribution in [2.45, 2.75) is 32.2 Å². The third-order valence-electron chi connectivity index (χ3n) is 2.77. The molecule has 5 nitrogen and oxygen atoms in total. The van der Waals surface area contributed by atoms with E-state index in [4.69, 9.17) is 11.6 Å². The van der Waals surface area contributed by atoms with Crippen molar-refractivity contribution in [1.82, 2.24) is 14.8 Å². The second-order valence-corrected chi connectivity index (χ2v) is 6.98. The van der Waals surface area contributed by atoms with E-state index in [9.17, 15) is 8.42 Å². The Labute approximate surface area is 99.7 Å². The van der Waals surface area contributed by atoms with Crippen LogP contribution in [-0.4, -0.2) is 34.7 Å². The van der Waals surface area contributed by atoms with Crippen LogP contribution in [0.25, 0.3) is 0 Å². The first-order chi connectivity index (χ1) is 7.41. The lowest BCUT2D eigenvalue weighted by molar-refractivity contribution is 0.518. The summed E-state index contributed by atoms with van der Waals surface area (Å²) < 4.78 is 24.6.